The van der Waals surface area contributed by atoms with E-state index in [1.165, 1.54) is 24.8 Å². The van der Waals surface area contributed by atoms with Crippen molar-refractivity contribution >= 4 is 22.9 Å². The maximum absolute atomic E-state index is 12.9. The summed E-state index contributed by atoms with van der Waals surface area (Å²) in [6, 6.07) is 4.06. The van der Waals surface area contributed by atoms with Crippen LogP contribution in [0.1, 0.15) is 42.9 Å². The quantitative estimate of drug-likeness (QED) is 0.449. The van der Waals surface area contributed by atoms with E-state index in [9.17, 15) is 4.79 Å². The molecule has 0 unspecified atom stereocenters. The van der Waals surface area contributed by atoms with Gasteiger partial charge in [0.1, 0.15) is 5.71 Å². The highest BCUT2D eigenvalue weighted by atomic mass is 16.1. The molecule has 3 rings (SSSR count). The molecule has 180 valence electrons. The van der Waals surface area contributed by atoms with Gasteiger partial charge in [0, 0.05) is 38.7 Å². The summed E-state index contributed by atoms with van der Waals surface area (Å²) in [5, 5.41) is 2.92. The van der Waals surface area contributed by atoms with E-state index in [1.807, 2.05) is 45.6 Å². The summed E-state index contributed by atoms with van der Waals surface area (Å²) in [4.78, 5) is 30.4. The van der Waals surface area contributed by atoms with Crippen molar-refractivity contribution in [1.29, 1.82) is 0 Å². The van der Waals surface area contributed by atoms with E-state index in [0.29, 0.717) is 11.4 Å². The van der Waals surface area contributed by atoms with E-state index >= 15 is 0 Å². The molecule has 2 aromatic rings. The third-order valence-electron chi connectivity index (χ3n) is 5.78. The van der Waals surface area contributed by atoms with E-state index in [2.05, 4.69) is 42.7 Å². The van der Waals surface area contributed by atoms with Gasteiger partial charge in [-0.1, -0.05) is 13.0 Å². The summed E-state index contributed by atoms with van der Waals surface area (Å²) in [5.74, 6) is -0.273. The Labute approximate surface area is 203 Å². The highest BCUT2D eigenvalue weighted by Gasteiger charge is 2.15. The van der Waals surface area contributed by atoms with E-state index in [1.54, 1.807) is 19.4 Å². The number of likely N-dealkylation sites (tertiary alicyclic amines) is 1. The molecule has 0 aromatic carbocycles. The van der Waals surface area contributed by atoms with Crippen LogP contribution in [0.4, 0.5) is 5.69 Å². The molecule has 0 radical (unpaired) electrons. The fraction of sp³-hybridized carbons (Fsp3) is 0.407. The highest BCUT2D eigenvalue weighted by Crippen LogP contribution is 2.19. The van der Waals surface area contributed by atoms with Crippen LogP contribution in [0.15, 0.2) is 60.1 Å². The second-order valence-electron chi connectivity index (χ2n) is 9.12. The van der Waals surface area contributed by atoms with Gasteiger partial charge < -0.3 is 10.2 Å². The molecular formula is C27H36N6O. The van der Waals surface area contributed by atoms with Crippen LogP contribution < -0.4 is 5.32 Å². The zero-order chi connectivity index (χ0) is 24.5. The topological polar surface area (TPSA) is 73.7 Å². The van der Waals surface area contributed by atoms with E-state index < -0.39 is 0 Å². The molecular weight excluding hydrogens is 424 g/mol. The van der Waals surface area contributed by atoms with Crippen molar-refractivity contribution in [2.24, 2.45) is 4.99 Å². The van der Waals surface area contributed by atoms with Crippen molar-refractivity contribution in [2.75, 3.05) is 39.5 Å². The van der Waals surface area contributed by atoms with Gasteiger partial charge in [0.05, 0.1) is 11.9 Å². The number of rotatable bonds is 9. The molecule has 2 aromatic heterocycles. The summed E-state index contributed by atoms with van der Waals surface area (Å²) < 4.78 is 0. The highest BCUT2D eigenvalue weighted by molar-refractivity contribution is 6.48. The van der Waals surface area contributed by atoms with Gasteiger partial charge >= 0.3 is 0 Å². The fourth-order valence-corrected chi connectivity index (χ4v) is 4.19. The molecule has 1 aliphatic rings. The van der Waals surface area contributed by atoms with Crippen molar-refractivity contribution in [1.82, 2.24) is 19.8 Å². The number of carbonyl (C=O) groups is 1. The van der Waals surface area contributed by atoms with Crippen molar-refractivity contribution in [3.8, 4) is 0 Å². The number of anilines is 1. The number of hydrogen-bond donors (Lipinski definition) is 1. The maximum atomic E-state index is 12.9. The van der Waals surface area contributed by atoms with Crippen molar-refractivity contribution in [3.63, 3.8) is 0 Å². The lowest BCUT2D eigenvalue weighted by atomic mass is 10.0. The monoisotopic (exact) mass is 460 g/mol. The minimum absolute atomic E-state index is 0.273. The second kappa shape index (κ2) is 12.3. The first kappa shape index (κ1) is 25.5. The standard InChI is InChI=1S/C27H36N6O/c1-20(24-12-22(14-29-16-24)19-33-9-7-6-8-10-33)11-21(2)26(28-3)27(34)31-25-13-23(15-30-17-25)18-32(4)5/h11-17H,1,6-10,18-19H2,2-5H3,(H,31,34)/b21-11+,28-26+. The normalized spacial score (nSPS) is 15.4. The molecule has 7 heteroatoms. The SMILES string of the molecule is C=C(/C=C(C)/C(=N\C)C(=O)Nc1cncc(CN(C)C)c1)c1cncc(CN2CCCCC2)c1. The number of piperidine rings is 1. The van der Waals surface area contributed by atoms with Crippen LogP contribution in [0.2, 0.25) is 0 Å². The van der Waals surface area contributed by atoms with Crippen molar-refractivity contribution in [2.45, 2.75) is 39.3 Å². The Bertz CT molecular complexity index is 1070. The Kier molecular flexibility index (Phi) is 9.24. The van der Waals surface area contributed by atoms with Crippen LogP contribution in [0, 0.1) is 0 Å². The van der Waals surface area contributed by atoms with Gasteiger partial charge in [-0.3, -0.25) is 24.7 Å². The largest absolute Gasteiger partial charge is 0.319 e. The van der Waals surface area contributed by atoms with Gasteiger partial charge in [0.25, 0.3) is 5.91 Å². The van der Waals surface area contributed by atoms with E-state index in [4.69, 9.17) is 0 Å². The van der Waals surface area contributed by atoms with Crippen LogP contribution in [0.25, 0.3) is 5.57 Å². The molecule has 0 saturated carbocycles. The molecule has 3 heterocycles. The number of allylic oxidation sites excluding steroid dienone is 2. The first-order chi connectivity index (χ1) is 16.4. The Morgan fingerprint density at radius 3 is 2.53 bits per heavy atom. The first-order valence-corrected chi connectivity index (χ1v) is 11.8. The van der Waals surface area contributed by atoms with Gasteiger partial charge in [-0.25, -0.2) is 0 Å². The fourth-order valence-electron chi connectivity index (χ4n) is 4.19. The van der Waals surface area contributed by atoms with Crippen LogP contribution >= 0.6 is 0 Å². The zero-order valence-electron chi connectivity index (χ0n) is 20.8. The molecule has 0 atom stereocenters. The minimum atomic E-state index is -0.273. The lowest BCUT2D eigenvalue weighted by molar-refractivity contribution is -0.110. The second-order valence-corrected chi connectivity index (χ2v) is 9.12. The number of pyridine rings is 2. The smallest absolute Gasteiger partial charge is 0.274 e. The predicted octanol–water partition coefficient (Wildman–Crippen LogP) is 4.19. The van der Waals surface area contributed by atoms with Crippen LogP contribution in [0.5, 0.6) is 0 Å². The van der Waals surface area contributed by atoms with Crippen molar-refractivity contribution in [3.05, 3.63) is 71.8 Å². The van der Waals surface area contributed by atoms with E-state index in [-0.39, 0.29) is 5.91 Å². The maximum Gasteiger partial charge on any atom is 0.274 e. The Balaban J connectivity index is 1.68. The Morgan fingerprint density at radius 1 is 1.12 bits per heavy atom. The van der Waals surface area contributed by atoms with Gasteiger partial charge in [-0.05, 0) is 93.0 Å². The lowest BCUT2D eigenvalue weighted by Crippen LogP contribution is -2.29. The number of amides is 1. The van der Waals surface area contributed by atoms with Crippen LogP contribution in [0.3, 0.4) is 0 Å². The average Bonchev–Trinajstić information content (AvgIpc) is 2.80. The number of hydrogen-bond acceptors (Lipinski definition) is 6. The number of aliphatic imine (C=N–C) groups is 1. The number of carbonyl (C=O) groups excluding carboxylic acids is 1. The summed E-state index contributed by atoms with van der Waals surface area (Å²) in [6.07, 6.45) is 12.9. The number of nitrogens with zero attached hydrogens (tertiary/aromatic N) is 5. The molecule has 1 fully saturated rings. The molecule has 0 spiro atoms. The summed E-state index contributed by atoms with van der Waals surface area (Å²) in [5.41, 5.74) is 5.70. The number of nitrogens with one attached hydrogen (secondary N) is 1. The van der Waals surface area contributed by atoms with E-state index in [0.717, 1.165) is 48.5 Å². The summed E-state index contributed by atoms with van der Waals surface area (Å²) in [6.45, 7) is 10.0. The molecule has 7 nitrogen and oxygen atoms in total. The minimum Gasteiger partial charge on any atom is -0.319 e. The summed E-state index contributed by atoms with van der Waals surface area (Å²) in [7, 11) is 5.61. The molecule has 1 amide bonds. The molecule has 0 bridgehead atoms. The third-order valence-corrected chi connectivity index (χ3v) is 5.78. The average molecular weight is 461 g/mol. The molecule has 1 N–H and O–H groups in total. The summed E-state index contributed by atoms with van der Waals surface area (Å²) >= 11 is 0. The zero-order valence-corrected chi connectivity index (χ0v) is 20.8. The molecule has 1 aliphatic heterocycles. The van der Waals surface area contributed by atoms with Gasteiger partial charge in [0.2, 0.25) is 0 Å². The van der Waals surface area contributed by atoms with Gasteiger partial charge in [-0.15, -0.1) is 0 Å². The van der Waals surface area contributed by atoms with Gasteiger partial charge in [0.15, 0.2) is 0 Å². The first-order valence-electron chi connectivity index (χ1n) is 11.8. The van der Waals surface area contributed by atoms with Crippen LogP contribution in [-0.4, -0.2) is 65.6 Å². The lowest BCUT2D eigenvalue weighted by Gasteiger charge is -2.26. The Hall–Kier alpha value is -3.16. The van der Waals surface area contributed by atoms with Crippen molar-refractivity contribution < 1.29 is 4.79 Å². The van der Waals surface area contributed by atoms with Gasteiger partial charge in [-0.2, -0.15) is 0 Å². The van der Waals surface area contributed by atoms with Crippen LogP contribution in [-0.2, 0) is 17.9 Å². The third kappa shape index (κ3) is 7.43. The Morgan fingerprint density at radius 2 is 1.82 bits per heavy atom. The molecule has 34 heavy (non-hydrogen) atoms. The molecule has 1 saturated heterocycles. The molecule has 0 aliphatic carbocycles. The predicted molar refractivity (Wildman–Crippen MR) is 140 cm³/mol. The number of aromatic nitrogens is 2.